The molecule has 2 aliphatic rings. The SMILES string of the molecule is O=C(CN1CCc2sccc2[C@@H]1c1cccs1)Nc1ccc(S(=O)(=O)N2CCCC2)cc1. The molecule has 6 nitrogen and oxygen atoms in total. The fourth-order valence-corrected chi connectivity index (χ4v) is 7.79. The van der Waals surface area contributed by atoms with E-state index in [1.807, 2.05) is 0 Å². The van der Waals surface area contributed by atoms with Crippen molar-refractivity contribution in [1.82, 2.24) is 9.21 Å². The van der Waals surface area contributed by atoms with Crippen LogP contribution in [0.25, 0.3) is 0 Å². The molecule has 5 rings (SSSR count). The summed E-state index contributed by atoms with van der Waals surface area (Å²) in [7, 11) is -3.45. The lowest BCUT2D eigenvalue weighted by Gasteiger charge is -2.34. The largest absolute Gasteiger partial charge is 0.325 e. The van der Waals surface area contributed by atoms with Crippen LogP contribution in [-0.4, -0.2) is 49.7 Å². The van der Waals surface area contributed by atoms with Crippen LogP contribution in [0.2, 0.25) is 0 Å². The molecule has 32 heavy (non-hydrogen) atoms. The molecule has 1 saturated heterocycles. The summed E-state index contributed by atoms with van der Waals surface area (Å²) in [5.41, 5.74) is 1.91. The van der Waals surface area contributed by atoms with Gasteiger partial charge in [-0.1, -0.05) is 6.07 Å². The van der Waals surface area contributed by atoms with Crippen molar-refractivity contribution < 1.29 is 13.2 Å². The molecule has 0 bridgehead atoms. The van der Waals surface area contributed by atoms with Crippen molar-refractivity contribution >= 4 is 44.3 Å². The maximum Gasteiger partial charge on any atom is 0.243 e. The molecule has 0 aliphatic carbocycles. The molecule has 168 valence electrons. The number of anilines is 1. The molecule has 1 aromatic carbocycles. The average molecular weight is 488 g/mol. The van der Waals surface area contributed by atoms with Crippen molar-refractivity contribution in [3.63, 3.8) is 0 Å². The van der Waals surface area contributed by atoms with Crippen LogP contribution in [0.3, 0.4) is 0 Å². The zero-order valence-corrected chi connectivity index (χ0v) is 20.0. The summed E-state index contributed by atoms with van der Waals surface area (Å²) >= 11 is 3.50. The Balaban J connectivity index is 1.27. The number of thiophene rings is 2. The van der Waals surface area contributed by atoms with E-state index < -0.39 is 10.0 Å². The van der Waals surface area contributed by atoms with E-state index in [1.54, 1.807) is 46.9 Å². The third-order valence-electron chi connectivity index (χ3n) is 6.07. The lowest BCUT2D eigenvalue weighted by molar-refractivity contribution is -0.117. The van der Waals surface area contributed by atoms with E-state index in [9.17, 15) is 13.2 Å². The van der Waals surface area contributed by atoms with Gasteiger partial charge in [0.05, 0.1) is 17.5 Å². The van der Waals surface area contributed by atoms with Crippen molar-refractivity contribution in [3.8, 4) is 0 Å². The van der Waals surface area contributed by atoms with Gasteiger partial charge in [-0.05, 0) is 72.0 Å². The van der Waals surface area contributed by atoms with E-state index in [4.69, 9.17) is 0 Å². The zero-order chi connectivity index (χ0) is 22.1. The molecule has 2 aliphatic heterocycles. The summed E-state index contributed by atoms with van der Waals surface area (Å²) in [6.45, 7) is 2.27. The second-order valence-corrected chi connectivity index (χ2v) is 12.0. The van der Waals surface area contributed by atoms with Crippen LogP contribution in [0.5, 0.6) is 0 Å². The Labute approximate surface area is 196 Å². The summed E-state index contributed by atoms with van der Waals surface area (Å²) < 4.78 is 26.9. The van der Waals surface area contributed by atoms with Gasteiger partial charge in [-0.3, -0.25) is 9.69 Å². The summed E-state index contributed by atoms with van der Waals surface area (Å²) in [5, 5.41) is 7.14. The molecule has 1 fully saturated rings. The molecule has 0 saturated carbocycles. The van der Waals surface area contributed by atoms with Crippen LogP contribution in [0.1, 0.15) is 34.2 Å². The number of carbonyl (C=O) groups excluding carboxylic acids is 1. The van der Waals surface area contributed by atoms with Crippen LogP contribution in [0, 0.1) is 0 Å². The van der Waals surface area contributed by atoms with Crippen LogP contribution in [0.15, 0.2) is 58.1 Å². The molecule has 1 N–H and O–H groups in total. The minimum Gasteiger partial charge on any atom is -0.325 e. The Bertz CT molecular complexity index is 1180. The van der Waals surface area contributed by atoms with Gasteiger partial charge in [0.2, 0.25) is 15.9 Å². The van der Waals surface area contributed by atoms with E-state index in [1.165, 1.54) is 19.6 Å². The summed E-state index contributed by atoms with van der Waals surface area (Å²) in [6.07, 6.45) is 2.76. The minimum absolute atomic E-state index is 0.0969. The second-order valence-electron chi connectivity index (χ2n) is 8.12. The standard InChI is InChI=1S/C23H25N3O3S3/c27-22(24-17-5-7-18(8-6-17)32(28,29)26-11-1-2-12-26)16-25-13-9-20-19(10-15-31-20)23(25)21-4-3-14-30-21/h3-8,10,14-15,23H,1-2,9,11-13,16H2,(H,24,27)/t23-/m1/s1. The summed E-state index contributed by atoms with van der Waals surface area (Å²) in [4.78, 5) is 18.0. The molecule has 1 amide bonds. The van der Waals surface area contributed by atoms with E-state index in [0.717, 1.165) is 25.8 Å². The van der Waals surface area contributed by atoms with E-state index >= 15 is 0 Å². The maximum atomic E-state index is 12.9. The molecule has 0 radical (unpaired) electrons. The number of fused-ring (bicyclic) bond motifs is 1. The first-order chi connectivity index (χ1) is 15.5. The van der Waals surface area contributed by atoms with Gasteiger partial charge in [-0.25, -0.2) is 8.42 Å². The van der Waals surface area contributed by atoms with Gasteiger partial charge in [0.15, 0.2) is 0 Å². The topological polar surface area (TPSA) is 69.7 Å². The third kappa shape index (κ3) is 4.27. The van der Waals surface area contributed by atoms with Gasteiger partial charge >= 0.3 is 0 Å². The molecule has 9 heteroatoms. The van der Waals surface area contributed by atoms with E-state index in [-0.39, 0.29) is 23.4 Å². The van der Waals surface area contributed by atoms with Crippen LogP contribution >= 0.6 is 22.7 Å². The average Bonchev–Trinajstić information content (AvgIpc) is 3.56. The van der Waals surface area contributed by atoms with Crippen molar-refractivity contribution in [2.45, 2.75) is 30.2 Å². The van der Waals surface area contributed by atoms with Crippen molar-refractivity contribution in [3.05, 3.63) is 68.5 Å². The number of nitrogens with zero attached hydrogens (tertiary/aromatic N) is 2. The normalized spacial score (nSPS) is 19.7. The number of carbonyl (C=O) groups is 1. The maximum absolute atomic E-state index is 12.9. The Morgan fingerprint density at radius 2 is 1.78 bits per heavy atom. The Morgan fingerprint density at radius 1 is 1.00 bits per heavy atom. The third-order valence-corrected chi connectivity index (χ3v) is 9.90. The number of benzene rings is 1. The molecular weight excluding hydrogens is 462 g/mol. The molecule has 3 aromatic rings. The predicted octanol–water partition coefficient (Wildman–Crippen LogP) is 4.18. The van der Waals surface area contributed by atoms with Crippen molar-refractivity contribution in [2.24, 2.45) is 0 Å². The highest BCUT2D eigenvalue weighted by Crippen LogP contribution is 2.39. The highest BCUT2D eigenvalue weighted by molar-refractivity contribution is 7.89. The number of amides is 1. The van der Waals surface area contributed by atoms with Crippen LogP contribution < -0.4 is 5.32 Å². The molecule has 0 spiro atoms. The van der Waals surface area contributed by atoms with Gasteiger partial charge in [-0.2, -0.15) is 4.31 Å². The first-order valence-electron chi connectivity index (χ1n) is 10.8. The van der Waals surface area contributed by atoms with Gasteiger partial charge < -0.3 is 5.32 Å². The van der Waals surface area contributed by atoms with E-state index in [2.05, 4.69) is 39.2 Å². The van der Waals surface area contributed by atoms with Crippen molar-refractivity contribution in [2.75, 3.05) is 31.5 Å². The molecular formula is C23H25N3O3S3. The van der Waals surface area contributed by atoms with Crippen LogP contribution in [0.4, 0.5) is 5.69 Å². The first kappa shape index (κ1) is 21.8. The van der Waals surface area contributed by atoms with Gasteiger partial charge in [-0.15, -0.1) is 22.7 Å². The highest BCUT2D eigenvalue weighted by atomic mass is 32.2. The number of hydrogen-bond donors (Lipinski definition) is 1. The Hall–Kier alpha value is -2.04. The summed E-state index contributed by atoms with van der Waals surface area (Å²) in [5.74, 6) is -0.0969. The van der Waals surface area contributed by atoms with Gasteiger partial charge in [0, 0.05) is 35.1 Å². The van der Waals surface area contributed by atoms with Crippen molar-refractivity contribution in [1.29, 1.82) is 0 Å². The smallest absolute Gasteiger partial charge is 0.243 e. The molecule has 2 aromatic heterocycles. The molecule has 1 atom stereocenters. The molecule has 0 unspecified atom stereocenters. The number of sulfonamides is 1. The highest BCUT2D eigenvalue weighted by Gasteiger charge is 2.31. The van der Waals surface area contributed by atoms with E-state index in [0.29, 0.717) is 18.8 Å². The van der Waals surface area contributed by atoms with Gasteiger partial charge in [0.1, 0.15) is 0 Å². The fraction of sp³-hybridized carbons (Fsp3) is 0.348. The Kier molecular flexibility index (Phi) is 6.18. The quantitative estimate of drug-likeness (QED) is 0.566. The monoisotopic (exact) mass is 487 g/mol. The van der Waals surface area contributed by atoms with Crippen LogP contribution in [-0.2, 0) is 21.2 Å². The summed E-state index contributed by atoms with van der Waals surface area (Å²) in [6, 6.07) is 13.0. The lowest BCUT2D eigenvalue weighted by Crippen LogP contribution is -2.40. The predicted molar refractivity (Wildman–Crippen MR) is 129 cm³/mol. The minimum atomic E-state index is -3.45. The number of rotatable bonds is 6. The first-order valence-corrected chi connectivity index (χ1v) is 14.0. The fourth-order valence-electron chi connectivity index (χ4n) is 4.49. The van der Waals surface area contributed by atoms with Gasteiger partial charge in [0.25, 0.3) is 0 Å². The second kappa shape index (κ2) is 9.07. The Morgan fingerprint density at radius 3 is 2.50 bits per heavy atom. The lowest BCUT2D eigenvalue weighted by atomic mass is 9.98. The number of nitrogens with one attached hydrogen (secondary N) is 1. The molecule has 4 heterocycles. The zero-order valence-electron chi connectivity index (χ0n) is 17.6. The number of hydrogen-bond acceptors (Lipinski definition) is 6.